The number of rotatable bonds is 4. The number of hydrogen-bond donors (Lipinski definition) is 3. The van der Waals surface area contributed by atoms with Crippen molar-refractivity contribution in [2.24, 2.45) is 0 Å². The molecule has 76 valence electrons. The highest BCUT2D eigenvalue weighted by atomic mass is 16.7. The third-order valence-electron chi connectivity index (χ3n) is 1.43. The lowest BCUT2D eigenvalue weighted by atomic mass is 10.3. The van der Waals surface area contributed by atoms with Gasteiger partial charge in [0.05, 0.1) is 13.0 Å². The molecule has 0 bridgehead atoms. The molecule has 0 heterocycles. The summed E-state index contributed by atoms with van der Waals surface area (Å²) in [5.74, 6) is -3.31. The third kappa shape index (κ3) is 6.27. The summed E-state index contributed by atoms with van der Waals surface area (Å²) < 4.78 is 4.58. The largest absolute Gasteiger partial charge is 0.462 e. The van der Waals surface area contributed by atoms with Crippen LogP contribution in [0.4, 0.5) is 0 Å². The lowest BCUT2D eigenvalue weighted by Gasteiger charge is -2.13. The van der Waals surface area contributed by atoms with Gasteiger partial charge in [0, 0.05) is 5.57 Å². The Morgan fingerprint density at radius 2 is 2.00 bits per heavy atom. The molecule has 0 radical (unpaired) electrons. The van der Waals surface area contributed by atoms with Crippen LogP contribution < -0.4 is 0 Å². The minimum atomic E-state index is -2.77. The number of hydrogen-bond acceptors (Lipinski definition) is 5. The van der Waals surface area contributed by atoms with Crippen LogP contribution in [0, 0.1) is 0 Å². The molecular weight excluding hydrogens is 176 g/mol. The summed E-state index contributed by atoms with van der Waals surface area (Å²) in [7, 11) is 0. The predicted octanol–water partition coefficient (Wildman–Crippen LogP) is -0.483. The average Bonchev–Trinajstić information content (AvgIpc) is 2.00. The molecule has 0 fully saturated rings. The first-order valence-electron chi connectivity index (χ1n) is 3.84. The SMILES string of the molecule is CC=C(C)C(=O)OCCC(O)(O)O. The van der Waals surface area contributed by atoms with E-state index in [9.17, 15) is 4.79 Å². The Hall–Kier alpha value is -0.910. The van der Waals surface area contributed by atoms with Crippen LogP contribution in [-0.2, 0) is 9.53 Å². The van der Waals surface area contributed by atoms with E-state index in [1.54, 1.807) is 19.9 Å². The second-order valence-corrected chi connectivity index (χ2v) is 2.63. The average molecular weight is 190 g/mol. The van der Waals surface area contributed by atoms with Crippen LogP contribution in [-0.4, -0.2) is 33.9 Å². The monoisotopic (exact) mass is 190 g/mol. The molecule has 0 aromatic heterocycles. The maximum Gasteiger partial charge on any atom is 0.333 e. The van der Waals surface area contributed by atoms with Crippen LogP contribution >= 0.6 is 0 Å². The van der Waals surface area contributed by atoms with Gasteiger partial charge in [0.2, 0.25) is 0 Å². The van der Waals surface area contributed by atoms with Gasteiger partial charge in [-0.25, -0.2) is 4.79 Å². The summed E-state index contributed by atoms with van der Waals surface area (Å²) in [5.41, 5.74) is 0.430. The van der Waals surface area contributed by atoms with Crippen LogP contribution in [0.2, 0.25) is 0 Å². The molecule has 0 amide bonds. The van der Waals surface area contributed by atoms with Crippen LogP contribution in [0.15, 0.2) is 11.6 Å². The lowest BCUT2D eigenvalue weighted by molar-refractivity contribution is -0.317. The number of allylic oxidation sites excluding steroid dienone is 1. The smallest absolute Gasteiger partial charge is 0.333 e. The van der Waals surface area contributed by atoms with Crippen molar-refractivity contribution in [2.45, 2.75) is 26.2 Å². The van der Waals surface area contributed by atoms with Crippen LogP contribution in [0.3, 0.4) is 0 Å². The van der Waals surface area contributed by atoms with E-state index in [0.29, 0.717) is 5.57 Å². The van der Waals surface area contributed by atoms with Gasteiger partial charge in [0.25, 0.3) is 5.97 Å². The first-order chi connectivity index (χ1) is 5.87. The molecule has 5 heteroatoms. The van der Waals surface area contributed by atoms with Crippen molar-refractivity contribution >= 4 is 5.97 Å². The lowest BCUT2D eigenvalue weighted by Crippen LogP contribution is -2.29. The van der Waals surface area contributed by atoms with E-state index in [0.717, 1.165) is 0 Å². The van der Waals surface area contributed by atoms with E-state index in [2.05, 4.69) is 4.74 Å². The maximum absolute atomic E-state index is 10.9. The molecule has 13 heavy (non-hydrogen) atoms. The number of aliphatic hydroxyl groups is 3. The summed E-state index contributed by atoms with van der Waals surface area (Å²) in [4.78, 5) is 10.9. The molecule has 0 spiro atoms. The van der Waals surface area contributed by atoms with Crippen molar-refractivity contribution in [1.82, 2.24) is 0 Å². The van der Waals surface area contributed by atoms with Gasteiger partial charge in [-0.1, -0.05) is 6.08 Å². The second kappa shape index (κ2) is 4.96. The normalized spacial score (nSPS) is 12.8. The van der Waals surface area contributed by atoms with Crippen LogP contribution in [0.25, 0.3) is 0 Å². The van der Waals surface area contributed by atoms with Crippen molar-refractivity contribution in [3.63, 3.8) is 0 Å². The molecule has 3 N–H and O–H groups in total. The van der Waals surface area contributed by atoms with E-state index in [1.165, 1.54) is 0 Å². The van der Waals surface area contributed by atoms with Crippen LogP contribution in [0.1, 0.15) is 20.3 Å². The Bertz CT molecular complexity index is 201. The standard InChI is InChI=1S/C8H14O5/c1-3-6(2)7(9)13-5-4-8(10,11)12/h3,10-12H,4-5H2,1-2H3. The van der Waals surface area contributed by atoms with Crippen molar-refractivity contribution in [2.75, 3.05) is 6.61 Å². The Morgan fingerprint density at radius 3 is 2.38 bits per heavy atom. The van der Waals surface area contributed by atoms with E-state index >= 15 is 0 Å². The summed E-state index contributed by atoms with van der Waals surface area (Å²) in [6.07, 6.45) is 1.14. The summed E-state index contributed by atoms with van der Waals surface area (Å²) >= 11 is 0. The quantitative estimate of drug-likeness (QED) is 0.316. The van der Waals surface area contributed by atoms with Crippen molar-refractivity contribution in [1.29, 1.82) is 0 Å². The molecular formula is C8H14O5. The zero-order valence-corrected chi connectivity index (χ0v) is 7.65. The zero-order valence-electron chi connectivity index (χ0n) is 7.65. The predicted molar refractivity (Wildman–Crippen MR) is 44.4 cm³/mol. The molecule has 0 saturated heterocycles. The number of esters is 1. The first kappa shape index (κ1) is 12.1. The highest BCUT2D eigenvalue weighted by Gasteiger charge is 2.18. The van der Waals surface area contributed by atoms with Crippen molar-refractivity contribution < 1.29 is 24.9 Å². The minimum Gasteiger partial charge on any atom is -0.462 e. The molecule has 0 aliphatic rings. The Labute approximate surface area is 76.3 Å². The van der Waals surface area contributed by atoms with Gasteiger partial charge in [-0.05, 0) is 13.8 Å². The first-order valence-corrected chi connectivity index (χ1v) is 3.84. The Balaban J connectivity index is 3.73. The van der Waals surface area contributed by atoms with Gasteiger partial charge in [-0.3, -0.25) is 0 Å². The third-order valence-corrected chi connectivity index (χ3v) is 1.43. The fraction of sp³-hybridized carbons (Fsp3) is 0.625. The second-order valence-electron chi connectivity index (χ2n) is 2.63. The van der Waals surface area contributed by atoms with Gasteiger partial charge in [-0.15, -0.1) is 0 Å². The molecule has 0 rings (SSSR count). The van der Waals surface area contributed by atoms with Crippen molar-refractivity contribution in [3.8, 4) is 0 Å². The van der Waals surface area contributed by atoms with E-state index in [-0.39, 0.29) is 6.61 Å². The summed E-state index contributed by atoms with van der Waals surface area (Å²) in [6, 6.07) is 0. The summed E-state index contributed by atoms with van der Waals surface area (Å²) in [6.45, 7) is 3.02. The number of carbonyl (C=O) groups excluding carboxylic acids is 1. The molecule has 5 nitrogen and oxygen atoms in total. The molecule has 0 aromatic rings. The highest BCUT2D eigenvalue weighted by Crippen LogP contribution is 2.02. The van der Waals surface area contributed by atoms with Crippen LogP contribution in [0.5, 0.6) is 0 Å². The maximum atomic E-state index is 10.9. The molecule has 0 saturated carbocycles. The van der Waals surface area contributed by atoms with Gasteiger partial charge in [-0.2, -0.15) is 0 Å². The van der Waals surface area contributed by atoms with Gasteiger partial charge >= 0.3 is 5.97 Å². The highest BCUT2D eigenvalue weighted by molar-refractivity contribution is 5.87. The minimum absolute atomic E-state index is 0.243. The molecule has 0 aliphatic heterocycles. The molecule has 0 unspecified atom stereocenters. The molecule has 0 aliphatic carbocycles. The Morgan fingerprint density at radius 1 is 1.46 bits per heavy atom. The molecule has 0 atom stereocenters. The van der Waals surface area contributed by atoms with Gasteiger partial charge < -0.3 is 20.1 Å². The fourth-order valence-electron chi connectivity index (χ4n) is 0.512. The molecule has 0 aromatic carbocycles. The van der Waals surface area contributed by atoms with Gasteiger partial charge in [0.1, 0.15) is 0 Å². The topological polar surface area (TPSA) is 87.0 Å². The summed E-state index contributed by atoms with van der Waals surface area (Å²) in [5, 5.41) is 25.3. The fourth-order valence-corrected chi connectivity index (χ4v) is 0.512. The zero-order chi connectivity index (χ0) is 10.5. The number of ether oxygens (including phenoxy) is 1. The van der Waals surface area contributed by atoms with Gasteiger partial charge in [0.15, 0.2) is 0 Å². The Kier molecular flexibility index (Phi) is 4.61. The van der Waals surface area contributed by atoms with E-state index in [1.807, 2.05) is 0 Å². The van der Waals surface area contributed by atoms with E-state index in [4.69, 9.17) is 15.3 Å². The number of carbonyl (C=O) groups is 1. The van der Waals surface area contributed by atoms with E-state index < -0.39 is 18.4 Å². The van der Waals surface area contributed by atoms with Crippen molar-refractivity contribution in [3.05, 3.63) is 11.6 Å².